The topological polar surface area (TPSA) is 66.2 Å². The average Bonchev–Trinajstić information content (AvgIpc) is 2.34. The second-order valence-corrected chi connectivity index (χ2v) is 5.08. The molecule has 0 bridgehead atoms. The molecule has 0 saturated heterocycles. The second-order valence-electron chi connectivity index (χ2n) is 5.08. The van der Waals surface area contributed by atoms with Gasteiger partial charge in [-0.3, -0.25) is 9.88 Å². The normalized spacial score (nSPS) is 12.4. The van der Waals surface area contributed by atoms with Crippen LogP contribution in [0.2, 0.25) is 0 Å². The van der Waals surface area contributed by atoms with Crippen LogP contribution >= 0.6 is 0 Å². The van der Waals surface area contributed by atoms with Crippen LogP contribution in [0.3, 0.4) is 0 Å². The van der Waals surface area contributed by atoms with Gasteiger partial charge in [0.1, 0.15) is 11.6 Å². The zero-order valence-corrected chi connectivity index (χ0v) is 11.8. The van der Waals surface area contributed by atoms with Gasteiger partial charge in [-0.05, 0) is 33.8 Å². The Morgan fingerprint density at radius 1 is 1.58 bits per heavy atom. The van der Waals surface area contributed by atoms with Gasteiger partial charge in [0.15, 0.2) is 0 Å². The van der Waals surface area contributed by atoms with Crippen molar-refractivity contribution in [2.24, 2.45) is 0 Å². The molecule has 0 spiro atoms. The Hall–Kier alpha value is -2.09. The van der Waals surface area contributed by atoms with E-state index in [-0.39, 0.29) is 0 Å². The molecule has 5 nitrogen and oxygen atoms in total. The molecule has 0 aliphatic rings. The standard InChI is InChI=1S/C14H19N3O2/c1-5-17(13(18)19-14(2,3)4)12(9-15)11-7-6-8-16-10-11/h6-8,10,12H,5H2,1-4H3/t12-/m0/s1. The highest BCUT2D eigenvalue weighted by Gasteiger charge is 2.28. The van der Waals surface area contributed by atoms with Gasteiger partial charge in [-0.2, -0.15) is 5.26 Å². The predicted molar refractivity (Wildman–Crippen MR) is 71.2 cm³/mol. The molecule has 1 atom stereocenters. The molecule has 19 heavy (non-hydrogen) atoms. The zero-order chi connectivity index (χ0) is 14.5. The first-order chi connectivity index (χ1) is 8.89. The Balaban J connectivity index is 2.95. The molecule has 1 aromatic rings. The van der Waals surface area contributed by atoms with Crippen LogP contribution in [0, 0.1) is 11.3 Å². The van der Waals surface area contributed by atoms with Crippen molar-refractivity contribution in [2.45, 2.75) is 39.3 Å². The summed E-state index contributed by atoms with van der Waals surface area (Å²) < 4.78 is 5.31. The second kappa shape index (κ2) is 6.19. The van der Waals surface area contributed by atoms with E-state index < -0.39 is 17.7 Å². The zero-order valence-electron chi connectivity index (χ0n) is 11.8. The Kier molecular flexibility index (Phi) is 4.87. The number of nitrogens with zero attached hydrogens (tertiary/aromatic N) is 3. The van der Waals surface area contributed by atoms with E-state index in [0.717, 1.165) is 0 Å². The summed E-state index contributed by atoms with van der Waals surface area (Å²) in [6.45, 7) is 7.59. The SMILES string of the molecule is CCN(C(=O)OC(C)(C)C)[C@@H](C#N)c1cccnc1. The van der Waals surface area contributed by atoms with E-state index in [2.05, 4.69) is 11.1 Å². The third kappa shape index (κ3) is 4.25. The number of nitriles is 1. The summed E-state index contributed by atoms with van der Waals surface area (Å²) in [6.07, 6.45) is 2.72. The molecule has 1 aromatic heterocycles. The van der Waals surface area contributed by atoms with Crippen molar-refractivity contribution in [3.63, 3.8) is 0 Å². The van der Waals surface area contributed by atoms with Gasteiger partial charge in [-0.1, -0.05) is 6.07 Å². The van der Waals surface area contributed by atoms with Crippen molar-refractivity contribution in [1.29, 1.82) is 5.26 Å². The van der Waals surface area contributed by atoms with E-state index in [1.807, 2.05) is 6.92 Å². The quantitative estimate of drug-likeness (QED) is 0.839. The Morgan fingerprint density at radius 3 is 2.68 bits per heavy atom. The van der Waals surface area contributed by atoms with Crippen molar-refractivity contribution in [1.82, 2.24) is 9.88 Å². The lowest BCUT2D eigenvalue weighted by molar-refractivity contribution is 0.0214. The van der Waals surface area contributed by atoms with Crippen LogP contribution in [0.1, 0.15) is 39.3 Å². The molecule has 1 rings (SSSR count). The van der Waals surface area contributed by atoms with Crippen LogP contribution in [0.15, 0.2) is 24.5 Å². The monoisotopic (exact) mass is 261 g/mol. The van der Waals surface area contributed by atoms with Crippen molar-refractivity contribution >= 4 is 6.09 Å². The van der Waals surface area contributed by atoms with E-state index >= 15 is 0 Å². The first kappa shape index (κ1) is 15.0. The molecule has 0 N–H and O–H groups in total. The lowest BCUT2D eigenvalue weighted by Gasteiger charge is -2.29. The lowest BCUT2D eigenvalue weighted by atomic mass is 10.1. The minimum absolute atomic E-state index is 0.391. The smallest absolute Gasteiger partial charge is 0.411 e. The molecule has 102 valence electrons. The molecular formula is C14H19N3O2. The average molecular weight is 261 g/mol. The summed E-state index contributed by atoms with van der Waals surface area (Å²) >= 11 is 0. The van der Waals surface area contributed by atoms with Gasteiger partial charge in [-0.15, -0.1) is 0 Å². The first-order valence-electron chi connectivity index (χ1n) is 6.18. The predicted octanol–water partition coefficient (Wildman–Crippen LogP) is 2.90. The molecule has 0 radical (unpaired) electrons. The highest BCUT2D eigenvalue weighted by atomic mass is 16.6. The maximum atomic E-state index is 12.1. The van der Waals surface area contributed by atoms with E-state index in [9.17, 15) is 10.1 Å². The van der Waals surface area contributed by atoms with E-state index in [0.29, 0.717) is 12.1 Å². The van der Waals surface area contributed by atoms with Crippen molar-refractivity contribution in [3.05, 3.63) is 30.1 Å². The van der Waals surface area contributed by atoms with Crippen LogP contribution in [0.25, 0.3) is 0 Å². The number of rotatable bonds is 3. The van der Waals surface area contributed by atoms with Gasteiger partial charge in [0.25, 0.3) is 0 Å². The number of carbonyl (C=O) groups is 1. The minimum atomic E-state index is -0.687. The number of carbonyl (C=O) groups excluding carboxylic acids is 1. The number of hydrogen-bond donors (Lipinski definition) is 0. The molecule has 0 fully saturated rings. The highest BCUT2D eigenvalue weighted by Crippen LogP contribution is 2.21. The molecule has 1 heterocycles. The van der Waals surface area contributed by atoms with Gasteiger partial charge >= 0.3 is 6.09 Å². The van der Waals surface area contributed by atoms with Crippen LogP contribution < -0.4 is 0 Å². The van der Waals surface area contributed by atoms with E-state index in [1.165, 1.54) is 4.90 Å². The molecule has 0 saturated carbocycles. The molecule has 1 amide bonds. The summed E-state index contributed by atoms with van der Waals surface area (Å²) in [7, 11) is 0. The number of amides is 1. The molecule has 0 aliphatic carbocycles. The van der Waals surface area contributed by atoms with Crippen molar-refractivity contribution < 1.29 is 9.53 Å². The summed E-state index contributed by atoms with van der Waals surface area (Å²) in [5.74, 6) is 0. The minimum Gasteiger partial charge on any atom is -0.444 e. The van der Waals surface area contributed by atoms with E-state index in [1.54, 1.807) is 45.3 Å². The largest absolute Gasteiger partial charge is 0.444 e. The summed E-state index contributed by atoms with van der Waals surface area (Å²) in [5, 5.41) is 9.30. The van der Waals surface area contributed by atoms with Gasteiger partial charge in [0.05, 0.1) is 6.07 Å². The van der Waals surface area contributed by atoms with Crippen molar-refractivity contribution in [3.8, 4) is 6.07 Å². The molecule has 0 unspecified atom stereocenters. The summed E-state index contributed by atoms with van der Waals surface area (Å²) in [4.78, 5) is 17.5. The lowest BCUT2D eigenvalue weighted by Crippen LogP contribution is -2.38. The molecule has 0 aromatic carbocycles. The fourth-order valence-electron chi connectivity index (χ4n) is 1.60. The first-order valence-corrected chi connectivity index (χ1v) is 6.18. The van der Waals surface area contributed by atoms with Gasteiger partial charge in [0, 0.05) is 24.5 Å². The van der Waals surface area contributed by atoms with Crippen LogP contribution in [0.4, 0.5) is 4.79 Å². The number of hydrogen-bond acceptors (Lipinski definition) is 4. The Bertz CT molecular complexity index is 460. The number of pyridine rings is 1. The van der Waals surface area contributed by atoms with Gasteiger partial charge in [0.2, 0.25) is 0 Å². The summed E-state index contributed by atoms with van der Waals surface area (Å²) in [5.41, 5.74) is 0.0946. The number of aromatic nitrogens is 1. The fraction of sp³-hybridized carbons (Fsp3) is 0.500. The van der Waals surface area contributed by atoms with Gasteiger partial charge in [-0.25, -0.2) is 4.79 Å². The third-order valence-electron chi connectivity index (χ3n) is 2.40. The Labute approximate surface area is 113 Å². The molecular weight excluding hydrogens is 242 g/mol. The van der Waals surface area contributed by atoms with Crippen LogP contribution in [0.5, 0.6) is 0 Å². The maximum absolute atomic E-state index is 12.1. The van der Waals surface area contributed by atoms with Gasteiger partial charge < -0.3 is 4.74 Å². The van der Waals surface area contributed by atoms with Crippen molar-refractivity contribution in [2.75, 3.05) is 6.54 Å². The fourth-order valence-corrected chi connectivity index (χ4v) is 1.60. The molecule has 5 heteroatoms. The number of ether oxygens (including phenoxy) is 1. The third-order valence-corrected chi connectivity index (χ3v) is 2.40. The maximum Gasteiger partial charge on any atom is 0.411 e. The Morgan fingerprint density at radius 2 is 2.26 bits per heavy atom. The summed E-state index contributed by atoms with van der Waals surface area (Å²) in [6, 6.07) is 4.95. The highest BCUT2D eigenvalue weighted by molar-refractivity contribution is 5.69. The van der Waals surface area contributed by atoms with Crippen LogP contribution in [-0.2, 0) is 4.74 Å². The van der Waals surface area contributed by atoms with Crippen LogP contribution in [-0.4, -0.2) is 28.1 Å². The molecule has 0 aliphatic heterocycles. The van der Waals surface area contributed by atoms with E-state index in [4.69, 9.17) is 4.74 Å².